The Hall–Kier alpha value is -1.91. The quantitative estimate of drug-likeness (QED) is 0.661. The van der Waals surface area contributed by atoms with Crippen LogP contribution in [-0.2, 0) is 6.54 Å². The van der Waals surface area contributed by atoms with Crippen molar-refractivity contribution in [2.45, 2.75) is 27.3 Å². The minimum atomic E-state index is -0.216. The maximum absolute atomic E-state index is 12.5. The number of amides is 1. The first-order chi connectivity index (χ1) is 11.0. The number of aromatic nitrogens is 1. The largest absolute Gasteiger partial charge is 0.316 e. The molecule has 0 radical (unpaired) electrons. The van der Waals surface area contributed by atoms with Gasteiger partial charge in [-0.1, -0.05) is 40.6 Å². The van der Waals surface area contributed by atoms with Crippen molar-refractivity contribution in [2.24, 2.45) is 4.99 Å². The summed E-state index contributed by atoms with van der Waals surface area (Å²) in [4.78, 5) is 17.5. The van der Waals surface area contributed by atoms with Gasteiger partial charge in [-0.15, -0.1) is 0 Å². The van der Waals surface area contributed by atoms with Crippen molar-refractivity contribution in [1.29, 1.82) is 0 Å². The SMILES string of the molecule is CCn1c(=NC(=O)c2cccc(C)c2)sc2cc(Cl)cc(C)c21. The normalized spacial score (nSPS) is 12.1. The van der Waals surface area contributed by atoms with Crippen LogP contribution in [0.1, 0.15) is 28.4 Å². The van der Waals surface area contributed by atoms with E-state index < -0.39 is 0 Å². The molecular formula is C18H17ClN2OS. The van der Waals surface area contributed by atoms with Gasteiger partial charge in [0.15, 0.2) is 4.80 Å². The molecule has 0 spiro atoms. The highest BCUT2D eigenvalue weighted by Gasteiger charge is 2.11. The highest BCUT2D eigenvalue weighted by Crippen LogP contribution is 2.25. The predicted molar refractivity (Wildman–Crippen MR) is 96.3 cm³/mol. The van der Waals surface area contributed by atoms with Crippen molar-refractivity contribution in [3.8, 4) is 0 Å². The Balaban J connectivity index is 2.19. The number of aryl methyl sites for hydroxylation is 3. The molecule has 1 aromatic heterocycles. The molecule has 23 heavy (non-hydrogen) atoms. The zero-order chi connectivity index (χ0) is 16.6. The third kappa shape index (κ3) is 3.09. The lowest BCUT2D eigenvalue weighted by Crippen LogP contribution is -2.16. The molecule has 0 N–H and O–H groups in total. The van der Waals surface area contributed by atoms with Gasteiger partial charge in [0, 0.05) is 17.1 Å². The Morgan fingerprint density at radius 3 is 2.74 bits per heavy atom. The van der Waals surface area contributed by atoms with E-state index in [2.05, 4.69) is 16.5 Å². The fourth-order valence-corrected chi connectivity index (χ4v) is 4.23. The first-order valence-electron chi connectivity index (χ1n) is 7.45. The van der Waals surface area contributed by atoms with Crippen LogP contribution in [0.4, 0.5) is 0 Å². The number of rotatable bonds is 2. The van der Waals surface area contributed by atoms with Crippen LogP contribution < -0.4 is 4.80 Å². The van der Waals surface area contributed by atoms with E-state index in [1.54, 1.807) is 6.07 Å². The summed E-state index contributed by atoms with van der Waals surface area (Å²) >= 11 is 7.64. The van der Waals surface area contributed by atoms with E-state index in [1.807, 2.05) is 44.2 Å². The molecule has 3 nitrogen and oxygen atoms in total. The van der Waals surface area contributed by atoms with Crippen LogP contribution in [-0.4, -0.2) is 10.5 Å². The summed E-state index contributed by atoms with van der Waals surface area (Å²) in [5.41, 5.74) is 3.85. The molecule has 0 atom stereocenters. The van der Waals surface area contributed by atoms with Crippen LogP contribution in [0.5, 0.6) is 0 Å². The average Bonchev–Trinajstić information content (AvgIpc) is 2.84. The molecule has 0 aliphatic rings. The van der Waals surface area contributed by atoms with E-state index in [0.717, 1.165) is 27.9 Å². The number of benzene rings is 2. The molecule has 118 valence electrons. The summed E-state index contributed by atoms with van der Waals surface area (Å²) in [6, 6.07) is 11.4. The van der Waals surface area contributed by atoms with Crippen molar-refractivity contribution >= 4 is 39.1 Å². The Morgan fingerprint density at radius 2 is 2.04 bits per heavy atom. The third-order valence-electron chi connectivity index (χ3n) is 3.71. The third-order valence-corrected chi connectivity index (χ3v) is 4.95. The Morgan fingerprint density at radius 1 is 1.26 bits per heavy atom. The molecule has 0 aliphatic heterocycles. The van der Waals surface area contributed by atoms with Crippen LogP contribution >= 0.6 is 22.9 Å². The van der Waals surface area contributed by atoms with Crippen molar-refractivity contribution in [3.63, 3.8) is 0 Å². The number of halogens is 1. The van der Waals surface area contributed by atoms with Gasteiger partial charge < -0.3 is 4.57 Å². The van der Waals surface area contributed by atoms with Crippen molar-refractivity contribution in [1.82, 2.24) is 4.57 Å². The van der Waals surface area contributed by atoms with Crippen LogP contribution in [0.2, 0.25) is 5.02 Å². The molecule has 1 heterocycles. The smallest absolute Gasteiger partial charge is 0.279 e. The standard InChI is InChI=1S/C18H17ClN2OS/c1-4-21-16-12(3)9-14(19)10-15(16)23-18(21)20-17(22)13-7-5-6-11(2)8-13/h5-10H,4H2,1-3H3. The van der Waals surface area contributed by atoms with Gasteiger partial charge >= 0.3 is 0 Å². The number of carbonyl (C=O) groups is 1. The minimum absolute atomic E-state index is 0.216. The van der Waals surface area contributed by atoms with Gasteiger partial charge in [0.1, 0.15) is 0 Å². The van der Waals surface area contributed by atoms with E-state index in [1.165, 1.54) is 11.3 Å². The zero-order valence-corrected chi connectivity index (χ0v) is 14.8. The van der Waals surface area contributed by atoms with Gasteiger partial charge in [-0.25, -0.2) is 0 Å². The van der Waals surface area contributed by atoms with E-state index in [-0.39, 0.29) is 5.91 Å². The highest BCUT2D eigenvalue weighted by atomic mass is 35.5. The number of fused-ring (bicyclic) bond motifs is 1. The lowest BCUT2D eigenvalue weighted by Gasteiger charge is -2.04. The molecular weight excluding hydrogens is 328 g/mol. The van der Waals surface area contributed by atoms with E-state index >= 15 is 0 Å². The van der Waals surface area contributed by atoms with Crippen LogP contribution in [0.25, 0.3) is 10.2 Å². The molecule has 0 unspecified atom stereocenters. The van der Waals surface area contributed by atoms with Gasteiger partial charge in [-0.05, 0) is 50.6 Å². The first-order valence-corrected chi connectivity index (χ1v) is 8.64. The molecule has 5 heteroatoms. The Kier molecular flexibility index (Phi) is 4.37. The fourth-order valence-electron chi connectivity index (χ4n) is 2.68. The molecule has 0 fully saturated rings. The van der Waals surface area contributed by atoms with Gasteiger partial charge in [0.2, 0.25) is 0 Å². The Bertz CT molecular complexity index is 969. The maximum atomic E-state index is 12.5. The van der Waals surface area contributed by atoms with Gasteiger partial charge in [-0.2, -0.15) is 4.99 Å². The summed E-state index contributed by atoms with van der Waals surface area (Å²) in [7, 11) is 0. The summed E-state index contributed by atoms with van der Waals surface area (Å²) in [6.45, 7) is 6.80. The molecule has 0 bridgehead atoms. The predicted octanol–water partition coefficient (Wildman–Crippen LogP) is 4.73. The van der Waals surface area contributed by atoms with Gasteiger partial charge in [-0.3, -0.25) is 4.79 Å². The topological polar surface area (TPSA) is 34.4 Å². The second kappa shape index (κ2) is 6.30. The number of hydrogen-bond acceptors (Lipinski definition) is 2. The minimum Gasteiger partial charge on any atom is -0.316 e. The van der Waals surface area contributed by atoms with Gasteiger partial charge in [0.05, 0.1) is 10.2 Å². The van der Waals surface area contributed by atoms with Crippen LogP contribution in [0.15, 0.2) is 41.4 Å². The van der Waals surface area contributed by atoms with E-state index in [4.69, 9.17) is 11.6 Å². The first kappa shape index (κ1) is 16.0. The van der Waals surface area contributed by atoms with Crippen LogP contribution in [0.3, 0.4) is 0 Å². The number of carbonyl (C=O) groups excluding carboxylic acids is 1. The van der Waals surface area contributed by atoms with Crippen molar-refractivity contribution in [2.75, 3.05) is 0 Å². The monoisotopic (exact) mass is 344 g/mol. The highest BCUT2D eigenvalue weighted by molar-refractivity contribution is 7.16. The average molecular weight is 345 g/mol. The summed E-state index contributed by atoms with van der Waals surface area (Å²) in [6.07, 6.45) is 0. The summed E-state index contributed by atoms with van der Waals surface area (Å²) < 4.78 is 3.12. The molecule has 2 aromatic carbocycles. The lowest BCUT2D eigenvalue weighted by molar-refractivity contribution is 0.0998. The van der Waals surface area contributed by atoms with Gasteiger partial charge in [0.25, 0.3) is 5.91 Å². The zero-order valence-electron chi connectivity index (χ0n) is 13.3. The molecule has 0 aliphatic carbocycles. The Labute approximate surface area is 143 Å². The number of nitrogens with zero attached hydrogens (tertiary/aromatic N) is 2. The second-order valence-corrected chi connectivity index (χ2v) is 6.93. The summed E-state index contributed by atoms with van der Waals surface area (Å²) in [5.74, 6) is -0.216. The maximum Gasteiger partial charge on any atom is 0.279 e. The summed E-state index contributed by atoms with van der Waals surface area (Å²) in [5, 5.41) is 0.705. The van der Waals surface area contributed by atoms with E-state index in [9.17, 15) is 4.79 Å². The fraction of sp³-hybridized carbons (Fsp3) is 0.222. The van der Waals surface area contributed by atoms with Crippen molar-refractivity contribution < 1.29 is 4.79 Å². The molecule has 1 amide bonds. The lowest BCUT2D eigenvalue weighted by atomic mass is 10.1. The second-order valence-electron chi connectivity index (χ2n) is 5.48. The van der Waals surface area contributed by atoms with Crippen molar-refractivity contribution in [3.05, 3.63) is 62.9 Å². The number of thiazole rings is 1. The molecule has 3 aromatic rings. The molecule has 3 rings (SSSR count). The van der Waals surface area contributed by atoms with Crippen LogP contribution in [0, 0.1) is 13.8 Å². The van der Waals surface area contributed by atoms with E-state index in [0.29, 0.717) is 15.4 Å². The number of hydrogen-bond donors (Lipinski definition) is 0. The molecule has 0 saturated heterocycles. The molecule has 0 saturated carbocycles.